The van der Waals surface area contributed by atoms with Crippen molar-refractivity contribution in [3.63, 3.8) is 0 Å². The third-order valence-corrected chi connectivity index (χ3v) is 3.86. The van der Waals surface area contributed by atoms with E-state index in [2.05, 4.69) is 5.32 Å². The molecule has 2 rings (SSSR count). The van der Waals surface area contributed by atoms with E-state index in [1.807, 2.05) is 6.92 Å². The van der Waals surface area contributed by atoms with Gasteiger partial charge in [0, 0.05) is 17.8 Å². The molecule has 0 spiro atoms. The summed E-state index contributed by atoms with van der Waals surface area (Å²) in [7, 11) is 1.29. The number of esters is 1. The summed E-state index contributed by atoms with van der Waals surface area (Å²) in [5.74, 6) is -0.478. The van der Waals surface area contributed by atoms with Crippen LogP contribution in [-0.2, 0) is 14.3 Å². The van der Waals surface area contributed by atoms with Crippen molar-refractivity contribution >= 4 is 23.3 Å². The Morgan fingerprint density at radius 3 is 2.33 bits per heavy atom. The van der Waals surface area contributed by atoms with Crippen molar-refractivity contribution in [1.82, 2.24) is 0 Å². The molecule has 0 radical (unpaired) electrons. The number of benzene rings is 2. The van der Waals surface area contributed by atoms with Crippen LogP contribution < -0.4 is 19.5 Å². The highest BCUT2D eigenvalue weighted by Crippen LogP contribution is 2.32. The molecule has 0 aliphatic rings. The van der Waals surface area contributed by atoms with Crippen LogP contribution in [0.5, 0.6) is 17.2 Å². The Kier molecular flexibility index (Phi) is 7.98. The number of hydrogen-bond acceptors (Lipinski definition) is 8. The number of nitro benzene ring substituents is 1. The van der Waals surface area contributed by atoms with Gasteiger partial charge in [0.25, 0.3) is 5.91 Å². The van der Waals surface area contributed by atoms with Crippen LogP contribution in [0.4, 0.5) is 11.4 Å². The van der Waals surface area contributed by atoms with E-state index in [0.717, 1.165) is 0 Å². The molecule has 30 heavy (non-hydrogen) atoms. The Bertz CT molecular complexity index is 929. The van der Waals surface area contributed by atoms with Crippen LogP contribution in [0.2, 0.25) is 0 Å². The quantitative estimate of drug-likeness (QED) is 0.355. The van der Waals surface area contributed by atoms with Crippen molar-refractivity contribution in [3.05, 3.63) is 52.1 Å². The molecule has 0 heterocycles. The molecule has 1 amide bonds. The molecule has 160 valence electrons. The molecule has 10 heteroatoms. The summed E-state index contributed by atoms with van der Waals surface area (Å²) < 4.78 is 20.6. The summed E-state index contributed by atoms with van der Waals surface area (Å²) in [5.41, 5.74) is 0.544. The third-order valence-electron chi connectivity index (χ3n) is 3.86. The molecule has 2 aromatic rings. The zero-order valence-electron chi connectivity index (χ0n) is 16.8. The van der Waals surface area contributed by atoms with Gasteiger partial charge in [-0.3, -0.25) is 14.9 Å². The second kappa shape index (κ2) is 10.6. The number of hydrogen-bond donors (Lipinski definition) is 1. The molecule has 0 saturated heterocycles. The van der Waals surface area contributed by atoms with E-state index in [1.165, 1.54) is 19.2 Å². The zero-order chi connectivity index (χ0) is 22.1. The van der Waals surface area contributed by atoms with Crippen molar-refractivity contribution in [2.75, 3.05) is 32.2 Å². The molecule has 0 aliphatic carbocycles. The fourth-order valence-electron chi connectivity index (χ4n) is 2.47. The lowest BCUT2D eigenvalue weighted by molar-refractivity contribution is -0.385. The highest BCUT2D eigenvalue weighted by atomic mass is 16.6. The average molecular weight is 418 g/mol. The second-order valence-electron chi connectivity index (χ2n) is 5.97. The Balaban J connectivity index is 1.89. The average Bonchev–Trinajstić information content (AvgIpc) is 2.72. The number of ether oxygens (including phenoxy) is 4. The number of nitrogens with one attached hydrogen (secondary N) is 1. The van der Waals surface area contributed by atoms with Gasteiger partial charge in [0.05, 0.1) is 18.6 Å². The van der Waals surface area contributed by atoms with E-state index in [0.29, 0.717) is 29.4 Å². The number of carbonyl (C=O) groups is 2. The molecule has 2 aromatic carbocycles. The third kappa shape index (κ3) is 6.09. The van der Waals surface area contributed by atoms with Gasteiger partial charge in [0.15, 0.2) is 30.5 Å². The Morgan fingerprint density at radius 2 is 1.73 bits per heavy atom. The molecule has 0 atom stereocenters. The summed E-state index contributed by atoms with van der Waals surface area (Å²) in [6.45, 7) is 2.91. The van der Waals surface area contributed by atoms with Gasteiger partial charge >= 0.3 is 11.7 Å². The number of nitro groups is 1. The molecular formula is C20H22N2O8. The van der Waals surface area contributed by atoms with E-state index in [1.54, 1.807) is 31.2 Å². The first-order valence-corrected chi connectivity index (χ1v) is 8.98. The standard InChI is InChI=1S/C20H22N2O8/c1-4-28-16-7-5-6-8-17(16)29-12-20(24)30-11-19(23)21-14-10-18(27-3)15(22(25)26)9-13(14)2/h5-10H,4,11-12H2,1-3H3,(H,21,23). The number of para-hydroxylation sites is 2. The first-order chi connectivity index (χ1) is 14.3. The lowest BCUT2D eigenvalue weighted by Crippen LogP contribution is -2.24. The van der Waals surface area contributed by atoms with Crippen molar-refractivity contribution in [2.24, 2.45) is 0 Å². The predicted molar refractivity (Wildman–Crippen MR) is 107 cm³/mol. The molecule has 0 saturated carbocycles. The number of rotatable bonds is 10. The van der Waals surface area contributed by atoms with Crippen molar-refractivity contribution in [2.45, 2.75) is 13.8 Å². The zero-order valence-corrected chi connectivity index (χ0v) is 16.8. The highest BCUT2D eigenvalue weighted by molar-refractivity contribution is 5.94. The molecule has 0 aromatic heterocycles. The molecule has 0 bridgehead atoms. The second-order valence-corrected chi connectivity index (χ2v) is 5.97. The summed E-state index contributed by atoms with van der Waals surface area (Å²) >= 11 is 0. The predicted octanol–water partition coefficient (Wildman–Crippen LogP) is 2.87. The maximum atomic E-state index is 12.1. The minimum Gasteiger partial charge on any atom is -0.490 e. The fourth-order valence-corrected chi connectivity index (χ4v) is 2.47. The van der Waals surface area contributed by atoms with Crippen LogP contribution in [0, 0.1) is 17.0 Å². The molecule has 0 aliphatic heterocycles. The van der Waals surface area contributed by atoms with Crippen molar-refractivity contribution in [1.29, 1.82) is 0 Å². The normalized spacial score (nSPS) is 10.1. The number of anilines is 1. The monoisotopic (exact) mass is 418 g/mol. The lowest BCUT2D eigenvalue weighted by Gasteiger charge is -2.12. The number of amides is 1. The minimum absolute atomic E-state index is 0.000687. The van der Waals surface area contributed by atoms with Gasteiger partial charge in [-0.25, -0.2) is 4.79 Å². The summed E-state index contributed by atoms with van der Waals surface area (Å²) in [5, 5.41) is 13.6. The molecule has 0 fully saturated rings. The Hall–Kier alpha value is -3.82. The largest absolute Gasteiger partial charge is 0.490 e. The number of nitrogens with zero attached hydrogens (tertiary/aromatic N) is 1. The van der Waals surface area contributed by atoms with Gasteiger partial charge in [-0.15, -0.1) is 0 Å². The first-order valence-electron chi connectivity index (χ1n) is 8.98. The first kappa shape index (κ1) is 22.5. The summed E-state index contributed by atoms with van der Waals surface area (Å²) in [4.78, 5) is 34.4. The summed E-state index contributed by atoms with van der Waals surface area (Å²) in [6.07, 6.45) is 0. The molecule has 0 unspecified atom stereocenters. The fraction of sp³-hybridized carbons (Fsp3) is 0.300. The van der Waals surface area contributed by atoms with Crippen molar-refractivity contribution < 1.29 is 33.5 Å². The van der Waals surface area contributed by atoms with E-state index in [4.69, 9.17) is 18.9 Å². The lowest BCUT2D eigenvalue weighted by atomic mass is 10.1. The van der Waals surface area contributed by atoms with Gasteiger partial charge in [-0.05, 0) is 31.5 Å². The van der Waals surface area contributed by atoms with Crippen LogP contribution >= 0.6 is 0 Å². The highest BCUT2D eigenvalue weighted by Gasteiger charge is 2.19. The molecule has 1 N–H and O–H groups in total. The van der Waals surface area contributed by atoms with E-state index >= 15 is 0 Å². The van der Waals surface area contributed by atoms with E-state index in [9.17, 15) is 19.7 Å². The molecule has 10 nitrogen and oxygen atoms in total. The van der Waals surface area contributed by atoms with Gasteiger partial charge in [0.1, 0.15) is 0 Å². The Labute approximate surface area is 172 Å². The van der Waals surface area contributed by atoms with Gasteiger partial charge < -0.3 is 24.3 Å². The van der Waals surface area contributed by atoms with Gasteiger partial charge in [-0.1, -0.05) is 12.1 Å². The van der Waals surface area contributed by atoms with Gasteiger partial charge in [0.2, 0.25) is 0 Å². The van der Waals surface area contributed by atoms with E-state index < -0.39 is 30.0 Å². The van der Waals surface area contributed by atoms with Crippen molar-refractivity contribution in [3.8, 4) is 17.2 Å². The number of methoxy groups -OCH3 is 1. The van der Waals surface area contributed by atoms with Gasteiger partial charge in [-0.2, -0.15) is 0 Å². The van der Waals surface area contributed by atoms with Crippen LogP contribution in [0.1, 0.15) is 12.5 Å². The molecular weight excluding hydrogens is 396 g/mol. The summed E-state index contributed by atoms with van der Waals surface area (Å²) in [6, 6.07) is 9.48. The van der Waals surface area contributed by atoms with Crippen LogP contribution in [0.3, 0.4) is 0 Å². The van der Waals surface area contributed by atoms with E-state index in [-0.39, 0.29) is 11.4 Å². The minimum atomic E-state index is -0.741. The van der Waals surface area contributed by atoms with Crippen LogP contribution in [0.25, 0.3) is 0 Å². The smallest absolute Gasteiger partial charge is 0.344 e. The number of carbonyl (C=O) groups excluding carboxylic acids is 2. The van der Waals surface area contributed by atoms with Crippen LogP contribution in [0.15, 0.2) is 36.4 Å². The maximum absolute atomic E-state index is 12.1. The van der Waals surface area contributed by atoms with Crippen LogP contribution in [-0.4, -0.2) is 43.7 Å². The number of aryl methyl sites for hydroxylation is 1. The maximum Gasteiger partial charge on any atom is 0.344 e. The topological polar surface area (TPSA) is 126 Å². The SMILES string of the molecule is CCOc1ccccc1OCC(=O)OCC(=O)Nc1cc(OC)c([N+](=O)[O-])cc1C. The Morgan fingerprint density at radius 1 is 1.07 bits per heavy atom.